The molecule has 1 N–H and O–H groups in total. The molecule has 0 aliphatic heterocycles. The highest BCUT2D eigenvalue weighted by atomic mass is 16.4. The molecule has 2 aromatic heterocycles. The molecule has 0 unspecified atom stereocenters. The molecule has 0 saturated carbocycles. The predicted molar refractivity (Wildman–Crippen MR) is 54.1 cm³/mol. The highest BCUT2D eigenvalue weighted by Crippen LogP contribution is 2.22. The first-order valence-electron chi connectivity index (χ1n) is 4.89. The van der Waals surface area contributed by atoms with Crippen LogP contribution in [-0.2, 0) is 6.54 Å². The highest BCUT2D eigenvalue weighted by Gasteiger charge is 2.12. The first-order chi connectivity index (χ1) is 7.31. The van der Waals surface area contributed by atoms with E-state index in [4.69, 9.17) is 8.83 Å². The first-order valence-corrected chi connectivity index (χ1v) is 4.89. The van der Waals surface area contributed by atoms with Crippen molar-refractivity contribution in [1.29, 1.82) is 0 Å². The van der Waals surface area contributed by atoms with Gasteiger partial charge in [0.2, 0.25) is 5.89 Å². The smallest absolute Gasteiger partial charge is 0.251 e. The Morgan fingerprint density at radius 1 is 1.40 bits per heavy atom. The first kappa shape index (κ1) is 9.92. The van der Waals surface area contributed by atoms with Crippen LogP contribution in [0, 0.1) is 6.92 Å². The summed E-state index contributed by atoms with van der Waals surface area (Å²) in [5.74, 6) is 1.88. The summed E-state index contributed by atoms with van der Waals surface area (Å²) in [6.45, 7) is 5.36. The molecular weight excluding hydrogens is 194 g/mol. The Labute approximate surface area is 87.5 Å². The van der Waals surface area contributed by atoms with Crippen LogP contribution in [-0.4, -0.2) is 16.7 Å². The van der Waals surface area contributed by atoms with Gasteiger partial charge in [-0.25, -0.2) is 0 Å². The molecule has 0 spiro atoms. The summed E-state index contributed by atoms with van der Waals surface area (Å²) in [7, 11) is 0. The second-order valence-corrected chi connectivity index (χ2v) is 3.17. The van der Waals surface area contributed by atoms with Gasteiger partial charge in [-0.3, -0.25) is 0 Å². The molecule has 0 aliphatic carbocycles. The van der Waals surface area contributed by atoms with Gasteiger partial charge in [0, 0.05) is 0 Å². The van der Waals surface area contributed by atoms with Gasteiger partial charge >= 0.3 is 0 Å². The van der Waals surface area contributed by atoms with Gasteiger partial charge in [-0.1, -0.05) is 6.92 Å². The summed E-state index contributed by atoms with van der Waals surface area (Å²) in [4.78, 5) is 0. The quantitative estimate of drug-likeness (QED) is 0.827. The zero-order valence-electron chi connectivity index (χ0n) is 8.78. The van der Waals surface area contributed by atoms with E-state index in [1.807, 2.05) is 19.9 Å². The van der Waals surface area contributed by atoms with Crippen molar-refractivity contribution in [2.75, 3.05) is 6.54 Å². The van der Waals surface area contributed by atoms with E-state index in [2.05, 4.69) is 15.5 Å². The monoisotopic (exact) mass is 207 g/mol. The third kappa shape index (κ3) is 2.07. The van der Waals surface area contributed by atoms with Crippen molar-refractivity contribution in [2.45, 2.75) is 20.4 Å². The van der Waals surface area contributed by atoms with Crippen LogP contribution in [0.5, 0.6) is 0 Å². The Bertz CT molecular complexity index is 433. The molecule has 5 heteroatoms. The predicted octanol–water partition coefficient (Wildman–Crippen LogP) is 1.75. The minimum atomic E-state index is 0.508. The Morgan fingerprint density at radius 2 is 2.27 bits per heavy atom. The lowest BCUT2D eigenvalue weighted by atomic mass is 10.3. The summed E-state index contributed by atoms with van der Waals surface area (Å²) < 4.78 is 10.6. The molecule has 15 heavy (non-hydrogen) atoms. The van der Waals surface area contributed by atoms with E-state index in [-0.39, 0.29) is 0 Å². The van der Waals surface area contributed by atoms with Crippen LogP contribution in [0.25, 0.3) is 11.5 Å². The summed E-state index contributed by atoms with van der Waals surface area (Å²) >= 11 is 0. The number of furan rings is 1. The third-order valence-corrected chi connectivity index (χ3v) is 2.08. The SMILES string of the molecule is CCNCc1nnc(-c2ccoc2C)o1. The number of hydrogen-bond donors (Lipinski definition) is 1. The maximum atomic E-state index is 5.47. The molecule has 0 amide bonds. The Morgan fingerprint density at radius 3 is 2.93 bits per heavy atom. The fourth-order valence-corrected chi connectivity index (χ4v) is 1.27. The number of hydrogen-bond acceptors (Lipinski definition) is 5. The zero-order chi connectivity index (χ0) is 10.7. The fraction of sp³-hybridized carbons (Fsp3) is 0.400. The molecule has 0 atom stereocenters. The van der Waals surface area contributed by atoms with E-state index in [9.17, 15) is 0 Å². The average Bonchev–Trinajstić information content (AvgIpc) is 2.83. The number of aryl methyl sites for hydroxylation is 1. The van der Waals surface area contributed by atoms with Gasteiger partial charge in [0.05, 0.1) is 18.4 Å². The molecule has 0 aliphatic rings. The molecule has 5 nitrogen and oxygen atoms in total. The molecule has 0 bridgehead atoms. The van der Waals surface area contributed by atoms with Crippen LogP contribution < -0.4 is 5.32 Å². The lowest BCUT2D eigenvalue weighted by molar-refractivity contribution is 0.479. The summed E-state index contributed by atoms with van der Waals surface area (Å²) in [6, 6.07) is 1.82. The number of rotatable bonds is 4. The van der Waals surface area contributed by atoms with E-state index >= 15 is 0 Å². The fourth-order valence-electron chi connectivity index (χ4n) is 1.27. The van der Waals surface area contributed by atoms with Gasteiger partial charge in [0.1, 0.15) is 5.76 Å². The van der Waals surface area contributed by atoms with E-state index in [0.29, 0.717) is 18.3 Å². The van der Waals surface area contributed by atoms with Crippen LogP contribution in [0.2, 0.25) is 0 Å². The van der Waals surface area contributed by atoms with Crippen LogP contribution in [0.4, 0.5) is 0 Å². The van der Waals surface area contributed by atoms with Crippen LogP contribution in [0.1, 0.15) is 18.6 Å². The normalized spacial score (nSPS) is 10.8. The standard InChI is InChI=1S/C10H13N3O2/c1-3-11-6-9-12-13-10(15-9)8-4-5-14-7(8)2/h4-5,11H,3,6H2,1-2H3. The van der Waals surface area contributed by atoms with Gasteiger partial charge < -0.3 is 14.2 Å². The topological polar surface area (TPSA) is 64.1 Å². The maximum absolute atomic E-state index is 5.47. The second-order valence-electron chi connectivity index (χ2n) is 3.17. The van der Waals surface area contributed by atoms with E-state index in [1.165, 1.54) is 0 Å². The average molecular weight is 207 g/mol. The molecule has 0 fully saturated rings. The van der Waals surface area contributed by atoms with Crippen molar-refractivity contribution in [2.24, 2.45) is 0 Å². The largest absolute Gasteiger partial charge is 0.469 e. The van der Waals surface area contributed by atoms with E-state index in [1.54, 1.807) is 6.26 Å². The summed E-state index contributed by atoms with van der Waals surface area (Å²) in [6.07, 6.45) is 1.61. The lowest BCUT2D eigenvalue weighted by Crippen LogP contribution is -2.11. The molecule has 0 radical (unpaired) electrons. The van der Waals surface area contributed by atoms with Gasteiger partial charge in [0.25, 0.3) is 5.89 Å². The van der Waals surface area contributed by atoms with Crippen molar-refractivity contribution in [3.05, 3.63) is 24.0 Å². The van der Waals surface area contributed by atoms with Gasteiger partial charge in [0.15, 0.2) is 0 Å². The van der Waals surface area contributed by atoms with Crippen LogP contribution in [0.15, 0.2) is 21.2 Å². The van der Waals surface area contributed by atoms with Gasteiger partial charge in [-0.15, -0.1) is 10.2 Å². The molecule has 2 heterocycles. The number of nitrogens with one attached hydrogen (secondary N) is 1. The molecule has 0 aromatic carbocycles. The Hall–Kier alpha value is -1.62. The van der Waals surface area contributed by atoms with E-state index < -0.39 is 0 Å². The zero-order valence-corrected chi connectivity index (χ0v) is 8.78. The Balaban J connectivity index is 2.17. The maximum Gasteiger partial charge on any atom is 0.251 e. The lowest BCUT2D eigenvalue weighted by Gasteiger charge is -1.93. The van der Waals surface area contributed by atoms with Gasteiger partial charge in [-0.05, 0) is 19.5 Å². The molecule has 2 rings (SSSR count). The van der Waals surface area contributed by atoms with Gasteiger partial charge in [-0.2, -0.15) is 0 Å². The summed E-state index contributed by atoms with van der Waals surface area (Å²) in [5, 5.41) is 11.0. The minimum Gasteiger partial charge on any atom is -0.469 e. The third-order valence-electron chi connectivity index (χ3n) is 2.08. The Kier molecular flexibility index (Phi) is 2.82. The molecule has 2 aromatic rings. The van der Waals surface area contributed by atoms with Crippen LogP contribution >= 0.6 is 0 Å². The number of aromatic nitrogens is 2. The second kappa shape index (κ2) is 4.27. The van der Waals surface area contributed by atoms with Crippen molar-refractivity contribution < 1.29 is 8.83 Å². The highest BCUT2D eigenvalue weighted by molar-refractivity contribution is 5.54. The molecular formula is C10H13N3O2. The minimum absolute atomic E-state index is 0.508. The van der Waals surface area contributed by atoms with E-state index in [0.717, 1.165) is 17.9 Å². The van der Waals surface area contributed by atoms with Crippen molar-refractivity contribution in [3.63, 3.8) is 0 Å². The van der Waals surface area contributed by atoms with Crippen LogP contribution in [0.3, 0.4) is 0 Å². The summed E-state index contributed by atoms with van der Waals surface area (Å²) in [5.41, 5.74) is 0.852. The van der Waals surface area contributed by atoms with Crippen molar-refractivity contribution in [1.82, 2.24) is 15.5 Å². The number of nitrogens with zero attached hydrogens (tertiary/aromatic N) is 2. The molecule has 0 saturated heterocycles. The van der Waals surface area contributed by atoms with Crippen molar-refractivity contribution in [3.8, 4) is 11.5 Å². The van der Waals surface area contributed by atoms with Crippen molar-refractivity contribution >= 4 is 0 Å². The molecule has 80 valence electrons.